The molecule has 2 aromatic carbocycles. The Balaban J connectivity index is 1.50. The second kappa shape index (κ2) is 11.4. The number of piperazine rings is 1. The SMILES string of the molecule is C[C@@H]1CN(c2cc(F)c(C3=CCN(c4ncc(C#N)[nH]4)CC3)cc2NC(=O)c2ccc(F)cc2C(F)(F)F)CCN1C. The van der Waals surface area contributed by atoms with E-state index in [1.54, 1.807) is 6.08 Å². The third-order valence-electron chi connectivity index (χ3n) is 7.70. The summed E-state index contributed by atoms with van der Waals surface area (Å²) in [5, 5.41) is 11.6. The van der Waals surface area contributed by atoms with Crippen molar-refractivity contribution in [2.45, 2.75) is 25.6 Å². The summed E-state index contributed by atoms with van der Waals surface area (Å²) in [5.74, 6) is -2.23. The van der Waals surface area contributed by atoms with Crippen LogP contribution in [0.1, 0.15) is 40.5 Å². The van der Waals surface area contributed by atoms with Gasteiger partial charge in [-0.3, -0.25) is 4.79 Å². The van der Waals surface area contributed by atoms with E-state index in [4.69, 9.17) is 5.26 Å². The number of hydrogen-bond donors (Lipinski definition) is 2. The van der Waals surface area contributed by atoms with Gasteiger partial charge in [-0.2, -0.15) is 18.4 Å². The largest absolute Gasteiger partial charge is 0.417 e. The first-order valence-electron chi connectivity index (χ1n) is 13.3. The number of likely N-dealkylation sites (N-methyl/N-ethyl adjacent to an activating group) is 1. The number of nitrogens with one attached hydrogen (secondary N) is 2. The Morgan fingerprint density at radius 2 is 1.93 bits per heavy atom. The van der Waals surface area contributed by atoms with Crippen molar-refractivity contribution in [1.29, 1.82) is 5.26 Å². The normalized spacial score (nSPS) is 18.0. The average molecular weight is 586 g/mol. The molecule has 5 rings (SSSR count). The molecule has 42 heavy (non-hydrogen) atoms. The van der Waals surface area contributed by atoms with Crippen LogP contribution in [-0.4, -0.2) is 66.6 Å². The third kappa shape index (κ3) is 5.94. The number of carbonyl (C=O) groups is 1. The number of benzene rings is 2. The number of anilines is 3. The molecule has 1 aromatic heterocycles. The number of rotatable bonds is 5. The minimum absolute atomic E-state index is 0.106. The molecule has 0 saturated carbocycles. The van der Waals surface area contributed by atoms with Gasteiger partial charge in [0.2, 0.25) is 5.95 Å². The zero-order chi connectivity index (χ0) is 30.2. The molecule has 220 valence electrons. The van der Waals surface area contributed by atoms with Crippen LogP contribution in [0.2, 0.25) is 0 Å². The lowest BCUT2D eigenvalue weighted by Gasteiger charge is -2.40. The molecule has 0 bridgehead atoms. The molecule has 2 aliphatic heterocycles. The number of aromatic amines is 1. The minimum atomic E-state index is -4.96. The van der Waals surface area contributed by atoms with Gasteiger partial charge in [0, 0.05) is 44.3 Å². The van der Waals surface area contributed by atoms with Crippen LogP contribution in [0.15, 0.2) is 42.6 Å². The van der Waals surface area contributed by atoms with Gasteiger partial charge < -0.3 is 25.0 Å². The molecule has 1 fully saturated rings. The highest BCUT2D eigenvalue weighted by atomic mass is 19.4. The molecule has 0 aliphatic carbocycles. The van der Waals surface area contributed by atoms with E-state index in [-0.39, 0.29) is 23.4 Å². The Bertz CT molecular complexity index is 1580. The van der Waals surface area contributed by atoms with E-state index in [1.807, 2.05) is 29.8 Å². The number of nitrogens with zero attached hydrogens (tertiary/aromatic N) is 5. The molecule has 3 aromatic rings. The summed E-state index contributed by atoms with van der Waals surface area (Å²) >= 11 is 0. The summed E-state index contributed by atoms with van der Waals surface area (Å²) in [6, 6.07) is 6.71. The van der Waals surface area contributed by atoms with Gasteiger partial charge in [-0.05, 0) is 56.3 Å². The first-order chi connectivity index (χ1) is 19.9. The fraction of sp³-hybridized carbons (Fsp3) is 0.345. The number of H-pyrrole nitrogens is 1. The predicted octanol–water partition coefficient (Wildman–Crippen LogP) is 5.26. The second-order valence-electron chi connectivity index (χ2n) is 10.4. The number of alkyl halides is 3. The lowest BCUT2D eigenvalue weighted by atomic mass is 9.97. The molecule has 8 nitrogen and oxygen atoms in total. The Morgan fingerprint density at radius 3 is 2.57 bits per heavy atom. The van der Waals surface area contributed by atoms with Crippen molar-refractivity contribution < 1.29 is 26.7 Å². The quantitative estimate of drug-likeness (QED) is 0.397. The molecule has 3 heterocycles. The molecule has 1 saturated heterocycles. The highest BCUT2D eigenvalue weighted by Gasteiger charge is 2.36. The number of nitriles is 1. The van der Waals surface area contributed by atoms with E-state index in [1.165, 1.54) is 18.3 Å². The monoisotopic (exact) mass is 585 g/mol. The summed E-state index contributed by atoms with van der Waals surface area (Å²) in [6.45, 7) is 4.52. The van der Waals surface area contributed by atoms with E-state index < -0.39 is 34.8 Å². The van der Waals surface area contributed by atoms with Crippen molar-refractivity contribution in [2.24, 2.45) is 0 Å². The molecule has 2 N–H and O–H groups in total. The number of amides is 1. The fourth-order valence-corrected chi connectivity index (χ4v) is 5.21. The van der Waals surface area contributed by atoms with Crippen LogP contribution >= 0.6 is 0 Å². The summed E-state index contributed by atoms with van der Waals surface area (Å²) in [5.41, 5.74) is -0.461. The number of carbonyl (C=O) groups excluding carboxylic acids is 1. The van der Waals surface area contributed by atoms with Crippen LogP contribution in [0.25, 0.3) is 5.57 Å². The Morgan fingerprint density at radius 1 is 1.14 bits per heavy atom. The van der Waals surface area contributed by atoms with Gasteiger partial charge in [0.1, 0.15) is 23.4 Å². The van der Waals surface area contributed by atoms with Gasteiger partial charge in [0.15, 0.2) is 0 Å². The summed E-state index contributed by atoms with van der Waals surface area (Å²) in [6.07, 6.45) is -1.32. The Kier molecular flexibility index (Phi) is 7.92. The van der Waals surface area contributed by atoms with Gasteiger partial charge in [0.25, 0.3) is 5.91 Å². The van der Waals surface area contributed by atoms with E-state index in [0.29, 0.717) is 62.0 Å². The summed E-state index contributed by atoms with van der Waals surface area (Å²) in [4.78, 5) is 26.2. The van der Waals surface area contributed by atoms with Crippen LogP contribution in [0.5, 0.6) is 0 Å². The highest BCUT2D eigenvalue weighted by Crippen LogP contribution is 2.37. The lowest BCUT2D eigenvalue weighted by molar-refractivity contribution is -0.138. The zero-order valence-electron chi connectivity index (χ0n) is 22.9. The van der Waals surface area contributed by atoms with Gasteiger partial charge in [0.05, 0.1) is 28.7 Å². The fourth-order valence-electron chi connectivity index (χ4n) is 5.21. The van der Waals surface area contributed by atoms with Crippen LogP contribution in [0, 0.1) is 23.0 Å². The first kappa shape index (κ1) is 29.1. The van der Waals surface area contributed by atoms with E-state index >= 15 is 4.39 Å². The molecule has 1 amide bonds. The van der Waals surface area contributed by atoms with Gasteiger partial charge in [-0.15, -0.1) is 0 Å². The van der Waals surface area contributed by atoms with Gasteiger partial charge >= 0.3 is 6.18 Å². The van der Waals surface area contributed by atoms with Crippen molar-refractivity contribution in [3.8, 4) is 6.07 Å². The molecular weight excluding hydrogens is 557 g/mol. The molecule has 1 atom stereocenters. The number of halogens is 5. The highest BCUT2D eigenvalue weighted by molar-refractivity contribution is 6.07. The van der Waals surface area contributed by atoms with Crippen LogP contribution < -0.4 is 15.1 Å². The molecular formula is C29H28F5N7O. The van der Waals surface area contributed by atoms with Crippen molar-refractivity contribution in [2.75, 3.05) is 54.9 Å². The molecule has 2 aliphatic rings. The number of aromatic nitrogens is 2. The number of hydrogen-bond acceptors (Lipinski definition) is 6. The maximum absolute atomic E-state index is 15.7. The number of imidazole rings is 1. The Hall–Kier alpha value is -4.44. The first-order valence-corrected chi connectivity index (χ1v) is 13.3. The average Bonchev–Trinajstić information content (AvgIpc) is 3.44. The van der Waals surface area contributed by atoms with E-state index in [2.05, 4.69) is 20.2 Å². The van der Waals surface area contributed by atoms with Crippen molar-refractivity contribution in [3.05, 3.63) is 76.6 Å². The third-order valence-corrected chi connectivity index (χ3v) is 7.70. The molecule has 0 spiro atoms. The summed E-state index contributed by atoms with van der Waals surface area (Å²) in [7, 11) is 1.96. The van der Waals surface area contributed by atoms with Crippen molar-refractivity contribution in [3.63, 3.8) is 0 Å². The molecule has 0 unspecified atom stereocenters. The lowest BCUT2D eigenvalue weighted by Crippen LogP contribution is -2.50. The second-order valence-corrected chi connectivity index (χ2v) is 10.4. The Labute approximate surface area is 239 Å². The van der Waals surface area contributed by atoms with E-state index in [0.717, 1.165) is 12.1 Å². The molecule has 0 radical (unpaired) electrons. The van der Waals surface area contributed by atoms with Crippen LogP contribution in [-0.2, 0) is 6.18 Å². The van der Waals surface area contributed by atoms with Gasteiger partial charge in [-0.25, -0.2) is 13.8 Å². The maximum atomic E-state index is 15.7. The summed E-state index contributed by atoms with van der Waals surface area (Å²) < 4.78 is 70.4. The smallest absolute Gasteiger partial charge is 0.367 e. The molecule has 13 heteroatoms. The van der Waals surface area contributed by atoms with Crippen LogP contribution in [0.3, 0.4) is 0 Å². The van der Waals surface area contributed by atoms with Crippen molar-refractivity contribution >= 4 is 28.8 Å². The minimum Gasteiger partial charge on any atom is -0.367 e. The predicted molar refractivity (Wildman–Crippen MR) is 148 cm³/mol. The standard InChI is InChI=1S/C29H28F5N7O/c1-17-16-41(10-9-39(17)2)26-13-24(31)22(18-5-7-40(8-6-18)28-36-15-20(14-35)37-28)12-25(26)38-27(42)21-4-3-19(30)11-23(21)29(32,33)34/h3-5,11-13,15,17H,6-10,16H2,1-2H3,(H,36,37)(H,38,42)/t17-/m1/s1. The van der Waals surface area contributed by atoms with Crippen molar-refractivity contribution in [1.82, 2.24) is 14.9 Å². The van der Waals surface area contributed by atoms with E-state index in [9.17, 15) is 22.4 Å². The van der Waals surface area contributed by atoms with Gasteiger partial charge in [-0.1, -0.05) is 6.08 Å². The topological polar surface area (TPSA) is 91.3 Å². The zero-order valence-corrected chi connectivity index (χ0v) is 22.9. The van der Waals surface area contributed by atoms with Crippen LogP contribution in [0.4, 0.5) is 39.3 Å². The maximum Gasteiger partial charge on any atom is 0.417 e.